The molecule has 1 aromatic heterocycles. The van der Waals surface area contributed by atoms with Crippen molar-refractivity contribution in [2.75, 3.05) is 18.0 Å². The first-order valence-corrected chi connectivity index (χ1v) is 12.5. The van der Waals surface area contributed by atoms with Crippen LogP contribution in [-0.4, -0.2) is 46.5 Å². The fourth-order valence-corrected chi connectivity index (χ4v) is 5.23. The van der Waals surface area contributed by atoms with Crippen LogP contribution in [0.4, 0.5) is 10.5 Å². The minimum Gasteiger partial charge on any atom is -0.477 e. The zero-order valence-electron chi connectivity index (χ0n) is 21.3. The molecule has 3 heterocycles. The van der Waals surface area contributed by atoms with E-state index >= 15 is 0 Å². The van der Waals surface area contributed by atoms with Crippen LogP contribution in [0.1, 0.15) is 37.6 Å². The molecule has 6 rings (SSSR count). The highest BCUT2D eigenvalue weighted by Gasteiger charge is 2.32. The second kappa shape index (κ2) is 8.51. The lowest BCUT2D eigenvalue weighted by atomic mass is 10.0. The van der Waals surface area contributed by atoms with Crippen molar-refractivity contribution in [3.63, 3.8) is 0 Å². The molecule has 0 bridgehead atoms. The van der Waals surface area contributed by atoms with Crippen LogP contribution in [0.3, 0.4) is 0 Å². The first-order chi connectivity index (χ1) is 18.1. The van der Waals surface area contributed by atoms with Crippen molar-refractivity contribution in [1.82, 2.24) is 9.88 Å². The highest BCUT2D eigenvalue weighted by atomic mass is 16.6. The maximum atomic E-state index is 13.1. The highest BCUT2D eigenvalue weighted by molar-refractivity contribution is 6.00. The van der Waals surface area contributed by atoms with E-state index in [-0.39, 0.29) is 17.0 Å². The lowest BCUT2D eigenvalue weighted by Crippen LogP contribution is -2.40. The predicted molar refractivity (Wildman–Crippen MR) is 144 cm³/mol. The van der Waals surface area contributed by atoms with E-state index in [1.54, 1.807) is 16.7 Å². The Bertz CT molecular complexity index is 1700. The summed E-state index contributed by atoms with van der Waals surface area (Å²) in [5, 5.41) is 14.9. The molecule has 194 valence electrons. The Morgan fingerprint density at radius 2 is 1.82 bits per heavy atom. The molecular formula is C29H27N3O6. The SMILES string of the molecule is CC(C)(C)OC(=O)NC1CCN(c2ccc3c(=O)c(C(=O)O)cn4c3c2Oc2cc3ccccc3cc2-4)C1. The highest BCUT2D eigenvalue weighted by Crippen LogP contribution is 2.46. The molecule has 9 nitrogen and oxygen atoms in total. The van der Waals surface area contributed by atoms with Gasteiger partial charge in [0.2, 0.25) is 5.43 Å². The largest absolute Gasteiger partial charge is 0.477 e. The first kappa shape index (κ1) is 23.8. The molecule has 3 aromatic carbocycles. The van der Waals surface area contributed by atoms with Gasteiger partial charge in [-0.25, -0.2) is 9.59 Å². The standard InChI is InChI=1S/C29H27N3O6/c1-29(2,3)38-28(36)30-18-10-11-31(14-18)21-9-8-19-24-26(21)37-23-13-17-7-5-4-6-16(17)12-22(23)32(24)15-20(25(19)33)27(34)35/h4-9,12-13,15,18H,10-11,14H2,1-3H3,(H,30,36)(H,34,35). The minimum absolute atomic E-state index is 0.121. The second-order valence-corrected chi connectivity index (χ2v) is 10.7. The van der Waals surface area contributed by atoms with Gasteiger partial charge in [0.05, 0.1) is 22.8 Å². The number of alkyl carbamates (subject to hydrolysis) is 1. The van der Waals surface area contributed by atoms with Crippen molar-refractivity contribution < 1.29 is 24.2 Å². The van der Waals surface area contributed by atoms with Crippen LogP contribution in [0.15, 0.2) is 59.5 Å². The Hall–Kier alpha value is -4.53. The fourth-order valence-electron chi connectivity index (χ4n) is 5.23. The molecule has 0 spiro atoms. The van der Waals surface area contributed by atoms with Crippen LogP contribution >= 0.6 is 0 Å². The summed E-state index contributed by atoms with van der Waals surface area (Å²) in [6.45, 7) is 6.65. The average Bonchev–Trinajstić information content (AvgIpc) is 3.30. The summed E-state index contributed by atoms with van der Waals surface area (Å²) in [7, 11) is 0. The number of fused-ring (bicyclic) bond motifs is 3. The number of aromatic nitrogens is 1. The molecule has 38 heavy (non-hydrogen) atoms. The van der Waals surface area contributed by atoms with Gasteiger partial charge in [-0.3, -0.25) is 4.79 Å². The molecule has 0 saturated carbocycles. The number of carboxylic acid groups (broad SMARTS) is 1. The maximum Gasteiger partial charge on any atom is 0.407 e. The Labute approximate surface area is 218 Å². The van der Waals surface area contributed by atoms with Crippen LogP contribution in [-0.2, 0) is 4.74 Å². The van der Waals surface area contributed by atoms with Gasteiger partial charge in [-0.2, -0.15) is 0 Å². The molecule has 0 aliphatic carbocycles. The van der Waals surface area contributed by atoms with Crippen LogP contribution in [0.25, 0.3) is 27.4 Å². The van der Waals surface area contributed by atoms with E-state index in [9.17, 15) is 19.5 Å². The number of carboxylic acids is 1. The molecule has 2 aliphatic heterocycles. The van der Waals surface area contributed by atoms with E-state index in [0.717, 1.165) is 16.5 Å². The number of hydrogen-bond acceptors (Lipinski definition) is 6. The molecule has 1 unspecified atom stereocenters. The second-order valence-electron chi connectivity index (χ2n) is 10.7. The van der Waals surface area contributed by atoms with Crippen LogP contribution in [0.5, 0.6) is 11.5 Å². The van der Waals surface area contributed by atoms with Crippen molar-refractivity contribution in [2.45, 2.75) is 38.8 Å². The monoisotopic (exact) mass is 513 g/mol. The van der Waals surface area contributed by atoms with Crippen molar-refractivity contribution in [3.8, 4) is 17.2 Å². The number of nitrogens with one attached hydrogen (secondary N) is 1. The van der Waals surface area contributed by atoms with Crippen molar-refractivity contribution >= 4 is 39.4 Å². The van der Waals surface area contributed by atoms with Gasteiger partial charge in [-0.1, -0.05) is 24.3 Å². The Morgan fingerprint density at radius 3 is 2.53 bits per heavy atom. The first-order valence-electron chi connectivity index (χ1n) is 12.5. The van der Waals surface area contributed by atoms with Gasteiger partial charge in [0, 0.05) is 19.3 Å². The average molecular weight is 514 g/mol. The number of pyridine rings is 1. The Morgan fingerprint density at radius 1 is 1.08 bits per heavy atom. The van der Waals surface area contributed by atoms with Gasteiger partial charge >= 0.3 is 12.1 Å². The van der Waals surface area contributed by atoms with Crippen LogP contribution < -0.4 is 20.4 Å². The number of benzene rings is 3. The molecule has 2 N–H and O–H groups in total. The Balaban J connectivity index is 1.46. The summed E-state index contributed by atoms with van der Waals surface area (Å²) in [5.74, 6) is -0.236. The van der Waals surface area contributed by atoms with Crippen LogP contribution in [0, 0.1) is 0 Å². The van der Waals surface area contributed by atoms with Gasteiger partial charge < -0.3 is 29.4 Å². The van der Waals surface area contributed by atoms with Gasteiger partial charge in [-0.15, -0.1) is 0 Å². The molecule has 9 heteroatoms. The summed E-state index contributed by atoms with van der Waals surface area (Å²) in [4.78, 5) is 39.5. The Kier molecular flexibility index (Phi) is 5.34. The van der Waals surface area contributed by atoms with Gasteiger partial charge in [0.15, 0.2) is 11.5 Å². The smallest absolute Gasteiger partial charge is 0.407 e. The third-order valence-electron chi connectivity index (χ3n) is 6.88. The van der Waals surface area contributed by atoms with E-state index in [1.165, 1.54) is 6.20 Å². The summed E-state index contributed by atoms with van der Waals surface area (Å²) >= 11 is 0. The number of nitrogens with zero attached hydrogens (tertiary/aromatic N) is 2. The van der Waals surface area contributed by atoms with Gasteiger partial charge in [0.25, 0.3) is 0 Å². The van der Waals surface area contributed by atoms with Crippen molar-refractivity contribution in [2.24, 2.45) is 0 Å². The summed E-state index contributed by atoms with van der Waals surface area (Å²) in [6.07, 6.45) is 1.63. The van der Waals surface area contributed by atoms with E-state index < -0.39 is 23.1 Å². The number of aromatic carboxylic acids is 1. The van der Waals surface area contributed by atoms with E-state index in [2.05, 4.69) is 10.2 Å². The lowest BCUT2D eigenvalue weighted by Gasteiger charge is -2.29. The number of carbonyl (C=O) groups excluding carboxylic acids is 1. The molecule has 1 saturated heterocycles. The quantitative estimate of drug-likeness (QED) is 0.347. The number of hydrogen-bond donors (Lipinski definition) is 2. The third-order valence-corrected chi connectivity index (χ3v) is 6.88. The molecule has 1 amide bonds. The van der Waals surface area contributed by atoms with Crippen molar-refractivity contribution in [1.29, 1.82) is 0 Å². The molecular weight excluding hydrogens is 486 g/mol. The molecule has 2 aliphatic rings. The normalized spacial score (nSPS) is 16.3. The fraction of sp³-hybridized carbons (Fsp3) is 0.276. The van der Waals surface area contributed by atoms with E-state index in [0.29, 0.717) is 42.2 Å². The molecule has 1 fully saturated rings. The zero-order chi connectivity index (χ0) is 26.8. The van der Waals surface area contributed by atoms with Gasteiger partial charge in [-0.05, 0) is 62.2 Å². The lowest BCUT2D eigenvalue weighted by molar-refractivity contribution is 0.0508. The van der Waals surface area contributed by atoms with E-state index in [1.807, 2.05) is 57.2 Å². The predicted octanol–water partition coefficient (Wildman–Crippen LogP) is 5.05. The number of rotatable bonds is 3. The van der Waals surface area contributed by atoms with E-state index in [4.69, 9.17) is 9.47 Å². The number of ether oxygens (including phenoxy) is 2. The number of amides is 1. The minimum atomic E-state index is -1.28. The molecule has 1 atom stereocenters. The summed E-state index contributed by atoms with van der Waals surface area (Å²) in [6, 6.07) is 15.0. The number of anilines is 1. The summed E-state index contributed by atoms with van der Waals surface area (Å²) < 4.78 is 13.6. The van der Waals surface area contributed by atoms with Gasteiger partial charge in [0.1, 0.15) is 16.7 Å². The third kappa shape index (κ3) is 4.00. The molecule has 4 aromatic rings. The zero-order valence-corrected chi connectivity index (χ0v) is 21.3. The molecule has 0 radical (unpaired) electrons. The topological polar surface area (TPSA) is 110 Å². The van der Waals surface area contributed by atoms with Crippen molar-refractivity contribution in [3.05, 3.63) is 70.5 Å². The number of carbonyl (C=O) groups is 2. The van der Waals surface area contributed by atoms with Crippen LogP contribution in [0.2, 0.25) is 0 Å². The summed E-state index contributed by atoms with van der Waals surface area (Å²) in [5.41, 5.74) is 0.487. The maximum absolute atomic E-state index is 13.1.